The number of unbranched alkanes of at least 4 members (excludes halogenated alkanes) is 1. The van der Waals surface area contributed by atoms with E-state index in [0.29, 0.717) is 0 Å². The summed E-state index contributed by atoms with van der Waals surface area (Å²) >= 11 is 0. The second-order valence-corrected chi connectivity index (χ2v) is 6.39. The number of nitrogens with zero attached hydrogens (tertiary/aromatic N) is 1. The summed E-state index contributed by atoms with van der Waals surface area (Å²) in [5.74, 6) is 0. The fraction of sp³-hybridized carbons (Fsp3) is 0.517. The van der Waals surface area contributed by atoms with E-state index in [2.05, 4.69) is 17.1 Å². The van der Waals surface area contributed by atoms with Crippen LogP contribution in [-0.4, -0.2) is 30.9 Å². The largest absolute Gasteiger partial charge is 2.00 e. The van der Waals surface area contributed by atoms with Crippen molar-refractivity contribution < 1.29 is 25.9 Å². The van der Waals surface area contributed by atoms with Gasteiger partial charge >= 0.3 is 21.1 Å². The van der Waals surface area contributed by atoms with Crippen molar-refractivity contribution in [3.05, 3.63) is 62.0 Å². The predicted octanol–water partition coefficient (Wildman–Crippen LogP) is 8.63. The molecule has 2 aromatic carbocycles. The van der Waals surface area contributed by atoms with Gasteiger partial charge in [-0.15, -0.1) is 11.8 Å². The average Bonchev–Trinajstić information content (AvgIpc) is 2.88. The molecule has 0 aliphatic carbocycles. The minimum atomic E-state index is 0. The standard InChI is InChI=1S/C13H10NO.C9H19N.3C2H6.CH3.W/c15-10-14-13-9-5-4-8-12(13)11-6-2-1-3-7-11;1-2-3-7-10-8-5-4-6-9-10;3*1-2;;/h1-9H,(H,14,15);2-9H2,1H3;3*1-2H3;1H3;/q-1;;;;;-1;+2. The SMILES string of the molecule is CC.CC.CC.CCCCN1CCCCC1.O=[C-]Nc1ccccc1-c1ccccc1.[CH3-].[W+2]. The summed E-state index contributed by atoms with van der Waals surface area (Å²) in [7, 11) is 0. The van der Waals surface area contributed by atoms with Gasteiger partial charge in [-0.3, -0.25) is 0 Å². The number of nitrogens with one attached hydrogen (secondary N) is 1. The van der Waals surface area contributed by atoms with Crippen LogP contribution in [0, 0.1) is 7.43 Å². The third-order valence-corrected chi connectivity index (χ3v) is 4.47. The maximum atomic E-state index is 10.3. The van der Waals surface area contributed by atoms with Gasteiger partial charge in [-0.25, -0.2) is 0 Å². The smallest absolute Gasteiger partial charge is 0.490 e. The zero-order chi connectivity index (χ0) is 23.7. The topological polar surface area (TPSA) is 32.3 Å². The first-order chi connectivity index (χ1) is 15.3. The summed E-state index contributed by atoms with van der Waals surface area (Å²) in [6.45, 7) is 18.3. The number of benzene rings is 2. The number of hydrogen-bond acceptors (Lipinski definition) is 2. The number of piperidine rings is 1. The van der Waals surface area contributed by atoms with E-state index < -0.39 is 0 Å². The Balaban J connectivity index is -0.000000206. The van der Waals surface area contributed by atoms with E-state index in [9.17, 15) is 4.79 Å². The number of hydrogen-bond donors (Lipinski definition) is 1. The van der Waals surface area contributed by atoms with Crippen LogP contribution >= 0.6 is 0 Å². The van der Waals surface area contributed by atoms with Crippen LogP contribution < -0.4 is 5.32 Å². The van der Waals surface area contributed by atoms with Crippen LogP contribution in [0.4, 0.5) is 5.69 Å². The van der Waals surface area contributed by atoms with Gasteiger partial charge in [0.2, 0.25) is 0 Å². The van der Waals surface area contributed by atoms with Crippen molar-refractivity contribution in [2.45, 2.75) is 80.6 Å². The van der Waals surface area contributed by atoms with Gasteiger partial charge in [-0.2, -0.15) is 0 Å². The van der Waals surface area contributed by atoms with E-state index in [0.717, 1.165) is 16.8 Å². The van der Waals surface area contributed by atoms with E-state index in [1.807, 2.05) is 96.1 Å². The molecular formula is C29H50N2OW. The maximum absolute atomic E-state index is 10.3. The van der Waals surface area contributed by atoms with Gasteiger partial charge in [0.25, 0.3) is 0 Å². The second kappa shape index (κ2) is 30.6. The normalized spacial score (nSPS) is 11.4. The third-order valence-electron chi connectivity index (χ3n) is 4.47. The molecule has 1 aliphatic heterocycles. The van der Waals surface area contributed by atoms with E-state index >= 15 is 0 Å². The molecule has 0 radical (unpaired) electrons. The molecule has 3 rings (SSSR count). The van der Waals surface area contributed by atoms with Crippen LogP contribution in [0.1, 0.15) is 80.6 Å². The molecule has 3 nitrogen and oxygen atoms in total. The van der Waals surface area contributed by atoms with E-state index in [-0.39, 0.29) is 28.5 Å². The Labute approximate surface area is 221 Å². The summed E-state index contributed by atoms with van der Waals surface area (Å²) < 4.78 is 0. The average molecular weight is 627 g/mol. The van der Waals surface area contributed by atoms with E-state index in [1.165, 1.54) is 51.7 Å². The van der Waals surface area contributed by atoms with Crippen molar-refractivity contribution >= 4 is 12.1 Å². The minimum absolute atomic E-state index is 0. The molecule has 1 amide bonds. The van der Waals surface area contributed by atoms with Gasteiger partial charge in [-0.05, 0) is 44.5 Å². The summed E-state index contributed by atoms with van der Waals surface area (Å²) in [5.41, 5.74) is 2.86. The molecule has 0 atom stereocenters. The van der Waals surface area contributed by atoms with E-state index in [4.69, 9.17) is 0 Å². The summed E-state index contributed by atoms with van der Waals surface area (Å²) in [6, 6.07) is 17.6. The maximum Gasteiger partial charge on any atom is 2.00 e. The molecule has 0 spiro atoms. The van der Waals surface area contributed by atoms with Crippen molar-refractivity contribution in [2.24, 2.45) is 0 Å². The third kappa shape index (κ3) is 18.6. The van der Waals surface area contributed by atoms with Gasteiger partial charge in [0.05, 0.1) is 6.41 Å². The first kappa shape index (κ1) is 38.8. The van der Waals surface area contributed by atoms with Gasteiger partial charge < -0.3 is 22.4 Å². The first-order valence-corrected chi connectivity index (χ1v) is 12.3. The van der Waals surface area contributed by atoms with Crippen LogP contribution in [0.25, 0.3) is 11.1 Å². The Morgan fingerprint density at radius 3 is 1.85 bits per heavy atom. The van der Waals surface area contributed by atoms with Gasteiger partial charge in [0, 0.05) is 0 Å². The molecule has 1 fully saturated rings. The van der Waals surface area contributed by atoms with Gasteiger partial charge in [0.1, 0.15) is 0 Å². The van der Waals surface area contributed by atoms with Gasteiger partial charge in [-0.1, -0.05) is 115 Å². The molecule has 4 heteroatoms. The Hall–Kier alpha value is -1.44. The number of para-hydroxylation sites is 1. The van der Waals surface area contributed by atoms with Crippen LogP contribution in [0.2, 0.25) is 0 Å². The summed E-state index contributed by atoms with van der Waals surface area (Å²) in [5, 5.41) is 2.57. The van der Waals surface area contributed by atoms with Crippen LogP contribution in [0.3, 0.4) is 0 Å². The van der Waals surface area contributed by atoms with Crippen molar-refractivity contribution in [3.63, 3.8) is 0 Å². The number of rotatable bonds is 6. The van der Waals surface area contributed by atoms with Crippen molar-refractivity contribution in [3.8, 4) is 11.1 Å². The zero-order valence-corrected chi connectivity index (χ0v) is 25.6. The Morgan fingerprint density at radius 2 is 1.33 bits per heavy atom. The predicted molar refractivity (Wildman–Crippen MR) is 147 cm³/mol. The molecule has 1 saturated heterocycles. The number of likely N-dealkylation sites (tertiary alicyclic amines) is 1. The van der Waals surface area contributed by atoms with E-state index in [1.54, 1.807) is 6.41 Å². The van der Waals surface area contributed by atoms with Crippen molar-refractivity contribution in [2.75, 3.05) is 25.0 Å². The van der Waals surface area contributed by atoms with Crippen LogP contribution in [0.15, 0.2) is 54.6 Å². The Bertz CT molecular complexity index is 614. The van der Waals surface area contributed by atoms with Gasteiger partial charge in [0.15, 0.2) is 0 Å². The van der Waals surface area contributed by atoms with Crippen LogP contribution in [0.5, 0.6) is 0 Å². The molecule has 0 saturated carbocycles. The molecule has 1 N–H and O–H groups in total. The van der Waals surface area contributed by atoms with Crippen LogP contribution in [-0.2, 0) is 25.9 Å². The van der Waals surface area contributed by atoms with Crippen molar-refractivity contribution in [1.82, 2.24) is 4.90 Å². The number of amides is 1. The molecular weight excluding hydrogens is 576 g/mol. The number of anilines is 1. The summed E-state index contributed by atoms with van der Waals surface area (Å²) in [4.78, 5) is 12.9. The molecule has 0 aromatic heterocycles. The number of carbonyl (C=O) groups excluding carboxylic acids is 1. The zero-order valence-electron chi connectivity index (χ0n) is 22.6. The van der Waals surface area contributed by atoms with Crippen molar-refractivity contribution in [1.29, 1.82) is 0 Å². The molecule has 2 aromatic rings. The monoisotopic (exact) mass is 626 g/mol. The molecule has 0 unspecified atom stereocenters. The molecule has 1 aliphatic rings. The molecule has 1 heterocycles. The fourth-order valence-electron chi connectivity index (χ4n) is 3.08. The quantitative estimate of drug-likeness (QED) is 0.257. The summed E-state index contributed by atoms with van der Waals surface area (Å²) in [6.07, 6.45) is 8.76. The molecule has 188 valence electrons. The Morgan fingerprint density at radius 1 is 0.818 bits per heavy atom. The Kier molecular flexibility index (Phi) is 35.9. The molecule has 0 bridgehead atoms. The first-order valence-electron chi connectivity index (χ1n) is 12.3. The second-order valence-electron chi connectivity index (χ2n) is 6.39. The minimum Gasteiger partial charge on any atom is -0.490 e. The molecule has 33 heavy (non-hydrogen) atoms. The fourth-order valence-corrected chi connectivity index (χ4v) is 3.08.